The van der Waals surface area contributed by atoms with Crippen molar-refractivity contribution in [2.45, 2.75) is 52.0 Å². The van der Waals surface area contributed by atoms with Crippen LogP contribution >= 0.6 is 11.3 Å². The summed E-state index contributed by atoms with van der Waals surface area (Å²) in [5.41, 5.74) is 3.86. The molecule has 0 N–H and O–H groups in total. The van der Waals surface area contributed by atoms with Crippen LogP contribution in [-0.4, -0.2) is 36.3 Å². The van der Waals surface area contributed by atoms with E-state index in [0.717, 1.165) is 23.1 Å². The second kappa shape index (κ2) is 8.92. The van der Waals surface area contributed by atoms with Crippen LogP contribution in [-0.2, 0) is 16.6 Å². The van der Waals surface area contributed by atoms with Gasteiger partial charge in [-0.05, 0) is 87.1 Å². The summed E-state index contributed by atoms with van der Waals surface area (Å²) in [6.07, 6.45) is 1.93. The normalized spacial score (nSPS) is 18.4. The van der Waals surface area contributed by atoms with Gasteiger partial charge in [-0.1, -0.05) is 18.3 Å². The standard InChI is InChI=1S/C24H29N3O3S2/c1-5-27-21-13-17(3)18(4)14-22(21)31-24(27)25-23(28)19-8-10-20(11-9-19)32(29,30)26-12-6-7-16(2)15-26/h8-11,13-14,16H,5-7,12,15H2,1-4H3. The number of aryl methyl sites for hydroxylation is 3. The summed E-state index contributed by atoms with van der Waals surface area (Å²) in [4.78, 5) is 18.1. The average molecular weight is 472 g/mol. The molecule has 2 heterocycles. The van der Waals surface area contributed by atoms with Gasteiger partial charge in [0.1, 0.15) is 0 Å². The van der Waals surface area contributed by atoms with E-state index in [-0.39, 0.29) is 10.8 Å². The number of fused-ring (bicyclic) bond motifs is 1. The average Bonchev–Trinajstić information content (AvgIpc) is 3.09. The van der Waals surface area contributed by atoms with Crippen molar-refractivity contribution < 1.29 is 13.2 Å². The third-order valence-electron chi connectivity index (χ3n) is 6.17. The Labute approximate surface area is 193 Å². The van der Waals surface area contributed by atoms with Crippen molar-refractivity contribution in [2.24, 2.45) is 10.9 Å². The Morgan fingerprint density at radius 3 is 2.50 bits per heavy atom. The van der Waals surface area contributed by atoms with Crippen molar-refractivity contribution in [1.82, 2.24) is 8.87 Å². The SMILES string of the molecule is CCn1c(=NC(=O)c2ccc(S(=O)(=O)N3CCCC(C)C3)cc2)sc2cc(C)c(C)cc21. The van der Waals surface area contributed by atoms with Crippen LogP contribution in [0.25, 0.3) is 10.2 Å². The first-order chi connectivity index (χ1) is 15.2. The molecule has 1 unspecified atom stereocenters. The zero-order chi connectivity index (χ0) is 23.0. The number of piperidine rings is 1. The van der Waals surface area contributed by atoms with Crippen LogP contribution in [0, 0.1) is 19.8 Å². The lowest BCUT2D eigenvalue weighted by atomic mass is 10.0. The summed E-state index contributed by atoms with van der Waals surface area (Å²) in [5.74, 6) is -0.0138. The van der Waals surface area contributed by atoms with Gasteiger partial charge in [0, 0.05) is 25.2 Å². The minimum atomic E-state index is -3.54. The summed E-state index contributed by atoms with van der Waals surface area (Å²) < 4.78 is 30.6. The van der Waals surface area contributed by atoms with E-state index in [1.807, 2.05) is 11.5 Å². The molecule has 1 saturated heterocycles. The molecule has 1 fully saturated rings. The molecule has 4 rings (SSSR count). The number of hydrogen-bond acceptors (Lipinski definition) is 4. The first-order valence-corrected chi connectivity index (χ1v) is 13.3. The summed E-state index contributed by atoms with van der Waals surface area (Å²) in [6, 6.07) is 10.4. The smallest absolute Gasteiger partial charge is 0.279 e. The third kappa shape index (κ3) is 4.31. The van der Waals surface area contributed by atoms with E-state index in [2.05, 4.69) is 37.9 Å². The number of thiazole rings is 1. The molecule has 0 spiro atoms. The van der Waals surface area contributed by atoms with Gasteiger partial charge in [0.25, 0.3) is 5.91 Å². The number of amides is 1. The molecule has 6 nitrogen and oxygen atoms in total. The Balaban J connectivity index is 1.64. The molecule has 3 aromatic rings. The first kappa shape index (κ1) is 22.9. The monoisotopic (exact) mass is 471 g/mol. The maximum absolute atomic E-state index is 13.0. The van der Waals surface area contributed by atoms with E-state index in [1.165, 1.54) is 34.6 Å². The van der Waals surface area contributed by atoms with Crippen molar-refractivity contribution >= 4 is 37.5 Å². The maximum Gasteiger partial charge on any atom is 0.279 e. The van der Waals surface area contributed by atoms with E-state index in [1.54, 1.807) is 16.4 Å². The highest BCUT2D eigenvalue weighted by molar-refractivity contribution is 7.89. The van der Waals surface area contributed by atoms with Crippen LogP contribution in [0.2, 0.25) is 0 Å². The summed E-state index contributed by atoms with van der Waals surface area (Å²) >= 11 is 1.49. The molecular weight excluding hydrogens is 442 g/mol. The molecule has 32 heavy (non-hydrogen) atoms. The van der Waals surface area contributed by atoms with Gasteiger partial charge < -0.3 is 4.57 Å². The quantitative estimate of drug-likeness (QED) is 0.562. The molecule has 1 aliphatic heterocycles. The Morgan fingerprint density at radius 1 is 1.16 bits per heavy atom. The highest BCUT2D eigenvalue weighted by Crippen LogP contribution is 2.24. The van der Waals surface area contributed by atoms with E-state index >= 15 is 0 Å². The van der Waals surface area contributed by atoms with Crippen LogP contribution in [0.4, 0.5) is 0 Å². The fourth-order valence-electron chi connectivity index (χ4n) is 4.15. The second-order valence-electron chi connectivity index (χ2n) is 8.58. The van der Waals surface area contributed by atoms with Gasteiger partial charge >= 0.3 is 0 Å². The highest BCUT2D eigenvalue weighted by atomic mass is 32.2. The van der Waals surface area contributed by atoms with Crippen molar-refractivity contribution in [3.8, 4) is 0 Å². The van der Waals surface area contributed by atoms with Crippen LogP contribution in [0.15, 0.2) is 46.3 Å². The molecule has 170 valence electrons. The van der Waals surface area contributed by atoms with Gasteiger partial charge in [-0.2, -0.15) is 9.30 Å². The third-order valence-corrected chi connectivity index (χ3v) is 9.09. The number of carbonyl (C=O) groups excluding carboxylic acids is 1. The minimum absolute atomic E-state index is 0.222. The van der Waals surface area contributed by atoms with Crippen molar-refractivity contribution in [3.63, 3.8) is 0 Å². The molecular formula is C24H29N3O3S2. The Kier molecular flexibility index (Phi) is 6.38. The molecule has 1 aromatic heterocycles. The Hall–Kier alpha value is -2.29. The molecule has 1 amide bonds. The number of aromatic nitrogens is 1. The van der Waals surface area contributed by atoms with Crippen molar-refractivity contribution in [2.75, 3.05) is 13.1 Å². The minimum Gasteiger partial charge on any atom is -0.317 e. The highest BCUT2D eigenvalue weighted by Gasteiger charge is 2.28. The lowest BCUT2D eigenvalue weighted by Gasteiger charge is -2.30. The second-order valence-corrected chi connectivity index (χ2v) is 11.5. The molecule has 8 heteroatoms. The topological polar surface area (TPSA) is 71.7 Å². The molecule has 0 bridgehead atoms. The zero-order valence-electron chi connectivity index (χ0n) is 19.0. The molecule has 2 aromatic carbocycles. The van der Waals surface area contributed by atoms with E-state index < -0.39 is 10.0 Å². The summed E-state index contributed by atoms with van der Waals surface area (Å²) in [5, 5.41) is 0. The van der Waals surface area contributed by atoms with Crippen molar-refractivity contribution in [1.29, 1.82) is 0 Å². The Morgan fingerprint density at radius 2 is 1.84 bits per heavy atom. The lowest BCUT2D eigenvalue weighted by Crippen LogP contribution is -2.39. The number of nitrogens with zero attached hydrogens (tertiary/aromatic N) is 3. The Bertz CT molecular complexity index is 1340. The van der Waals surface area contributed by atoms with E-state index in [4.69, 9.17) is 0 Å². The number of benzene rings is 2. The predicted octanol–water partition coefficient (Wildman–Crippen LogP) is 4.50. The zero-order valence-corrected chi connectivity index (χ0v) is 20.6. The largest absolute Gasteiger partial charge is 0.317 e. The molecule has 0 aliphatic carbocycles. The molecule has 1 aliphatic rings. The van der Waals surface area contributed by atoms with Gasteiger partial charge in [-0.25, -0.2) is 8.42 Å². The first-order valence-electron chi connectivity index (χ1n) is 11.0. The van der Waals surface area contributed by atoms with E-state index in [0.29, 0.717) is 35.9 Å². The summed E-state index contributed by atoms with van der Waals surface area (Å²) in [7, 11) is -3.54. The van der Waals surface area contributed by atoms with Crippen LogP contribution < -0.4 is 4.80 Å². The maximum atomic E-state index is 13.0. The number of carbonyl (C=O) groups is 1. The summed E-state index contributed by atoms with van der Waals surface area (Å²) in [6.45, 7) is 10.1. The van der Waals surface area contributed by atoms with Gasteiger partial charge in [-0.15, -0.1) is 0 Å². The van der Waals surface area contributed by atoms with Gasteiger partial charge in [0.2, 0.25) is 10.0 Å². The van der Waals surface area contributed by atoms with Crippen molar-refractivity contribution in [3.05, 3.63) is 57.9 Å². The number of rotatable bonds is 4. The fourth-order valence-corrected chi connectivity index (χ4v) is 6.92. The van der Waals surface area contributed by atoms with Gasteiger partial charge in [0.05, 0.1) is 15.1 Å². The van der Waals surface area contributed by atoms with Crippen LogP contribution in [0.5, 0.6) is 0 Å². The van der Waals surface area contributed by atoms with Gasteiger partial charge in [-0.3, -0.25) is 4.79 Å². The van der Waals surface area contributed by atoms with Gasteiger partial charge in [0.15, 0.2) is 4.80 Å². The van der Waals surface area contributed by atoms with Crippen LogP contribution in [0.1, 0.15) is 48.2 Å². The molecule has 0 radical (unpaired) electrons. The number of hydrogen-bond donors (Lipinski definition) is 0. The molecule has 1 atom stereocenters. The van der Waals surface area contributed by atoms with E-state index in [9.17, 15) is 13.2 Å². The number of sulfonamides is 1. The molecule has 0 saturated carbocycles. The van der Waals surface area contributed by atoms with Crippen LogP contribution in [0.3, 0.4) is 0 Å². The lowest BCUT2D eigenvalue weighted by molar-refractivity contribution is 0.0997. The fraction of sp³-hybridized carbons (Fsp3) is 0.417. The predicted molar refractivity (Wildman–Crippen MR) is 128 cm³/mol.